The van der Waals surface area contributed by atoms with Gasteiger partial charge in [-0.05, 0) is 25.3 Å². The molecular formula is C17H28IN3O3S. The van der Waals surface area contributed by atoms with E-state index in [0.29, 0.717) is 19.0 Å². The Kier molecular flexibility index (Phi) is 9.73. The highest BCUT2D eigenvalue weighted by molar-refractivity contribution is 14.0. The standard InChI is InChI=1S/C17H27N3O3S.HI/c1-14(15-7-4-3-5-8-15)23-11-6-10-19-17(18-2)20-16-9-12-24(21,22)13-16;/h3-5,7-8,14,16H,6,9-13H2,1-2H3,(H2,18,19,20);1H. The fraction of sp³-hybridized carbons (Fsp3) is 0.588. The molecule has 6 nitrogen and oxygen atoms in total. The van der Waals surface area contributed by atoms with Gasteiger partial charge in [-0.25, -0.2) is 8.42 Å². The van der Waals surface area contributed by atoms with E-state index in [0.717, 1.165) is 13.0 Å². The highest BCUT2D eigenvalue weighted by Crippen LogP contribution is 2.15. The second kappa shape index (κ2) is 11.0. The highest BCUT2D eigenvalue weighted by Gasteiger charge is 2.28. The van der Waals surface area contributed by atoms with E-state index in [9.17, 15) is 8.42 Å². The van der Waals surface area contributed by atoms with E-state index in [-0.39, 0.29) is 47.6 Å². The molecule has 1 fully saturated rings. The zero-order valence-corrected chi connectivity index (χ0v) is 17.9. The van der Waals surface area contributed by atoms with Crippen LogP contribution in [0.5, 0.6) is 0 Å². The van der Waals surface area contributed by atoms with Crippen LogP contribution in [0.2, 0.25) is 0 Å². The molecular weight excluding hydrogens is 453 g/mol. The molecule has 1 heterocycles. The second-order valence-electron chi connectivity index (χ2n) is 6.02. The number of sulfone groups is 1. The lowest BCUT2D eigenvalue weighted by Gasteiger charge is -2.17. The van der Waals surface area contributed by atoms with E-state index >= 15 is 0 Å². The first kappa shape index (κ1) is 22.2. The summed E-state index contributed by atoms with van der Waals surface area (Å²) in [5.41, 5.74) is 1.17. The topological polar surface area (TPSA) is 79.8 Å². The third-order valence-corrected chi connectivity index (χ3v) is 5.82. The summed E-state index contributed by atoms with van der Waals surface area (Å²) in [6.07, 6.45) is 1.56. The Morgan fingerprint density at radius 2 is 2.08 bits per heavy atom. The summed E-state index contributed by atoms with van der Waals surface area (Å²) in [5, 5.41) is 6.37. The third-order valence-electron chi connectivity index (χ3n) is 4.05. The lowest BCUT2D eigenvalue weighted by Crippen LogP contribution is -2.44. The zero-order valence-electron chi connectivity index (χ0n) is 14.8. The largest absolute Gasteiger partial charge is 0.374 e. The average Bonchev–Trinajstić information content (AvgIpc) is 2.92. The van der Waals surface area contributed by atoms with Crippen molar-refractivity contribution in [2.24, 2.45) is 4.99 Å². The first-order valence-corrected chi connectivity index (χ1v) is 10.2. The summed E-state index contributed by atoms with van der Waals surface area (Å²) >= 11 is 0. The Bertz CT molecular complexity index is 638. The number of nitrogens with zero attached hydrogens (tertiary/aromatic N) is 1. The van der Waals surface area contributed by atoms with Gasteiger partial charge in [-0.2, -0.15) is 0 Å². The number of hydrogen-bond donors (Lipinski definition) is 2. The minimum absolute atomic E-state index is 0. The molecule has 1 aliphatic heterocycles. The van der Waals surface area contributed by atoms with Crippen LogP contribution in [-0.2, 0) is 14.6 Å². The molecule has 2 atom stereocenters. The van der Waals surface area contributed by atoms with Crippen LogP contribution in [-0.4, -0.2) is 52.1 Å². The summed E-state index contributed by atoms with van der Waals surface area (Å²) in [5.74, 6) is 1.09. The third kappa shape index (κ3) is 7.91. The van der Waals surface area contributed by atoms with Crippen LogP contribution in [0.1, 0.15) is 31.4 Å². The van der Waals surface area contributed by atoms with Crippen LogP contribution < -0.4 is 10.6 Å². The molecule has 0 spiro atoms. The van der Waals surface area contributed by atoms with Gasteiger partial charge in [0.2, 0.25) is 0 Å². The Hall–Kier alpha value is -0.870. The van der Waals surface area contributed by atoms with Crippen molar-refractivity contribution in [1.82, 2.24) is 10.6 Å². The monoisotopic (exact) mass is 481 g/mol. The van der Waals surface area contributed by atoms with E-state index in [4.69, 9.17) is 4.74 Å². The smallest absolute Gasteiger partial charge is 0.191 e. The maximum absolute atomic E-state index is 11.5. The number of ether oxygens (including phenoxy) is 1. The summed E-state index contributed by atoms with van der Waals surface area (Å²) < 4.78 is 28.8. The van der Waals surface area contributed by atoms with Crippen LogP contribution in [0.15, 0.2) is 35.3 Å². The van der Waals surface area contributed by atoms with Crippen molar-refractivity contribution in [3.05, 3.63) is 35.9 Å². The van der Waals surface area contributed by atoms with Crippen molar-refractivity contribution in [2.75, 3.05) is 31.7 Å². The molecule has 0 saturated carbocycles. The molecule has 2 rings (SSSR count). The molecule has 1 aliphatic rings. The Balaban J connectivity index is 0.00000312. The molecule has 0 bridgehead atoms. The molecule has 0 aromatic heterocycles. The van der Waals surface area contributed by atoms with Crippen LogP contribution in [0.4, 0.5) is 0 Å². The number of halogens is 1. The second-order valence-corrected chi connectivity index (χ2v) is 8.25. The molecule has 0 radical (unpaired) electrons. The predicted molar refractivity (Wildman–Crippen MR) is 112 cm³/mol. The maximum atomic E-state index is 11.5. The molecule has 25 heavy (non-hydrogen) atoms. The number of guanidine groups is 1. The number of benzene rings is 1. The van der Waals surface area contributed by atoms with Gasteiger partial charge in [0.05, 0.1) is 17.6 Å². The fourth-order valence-electron chi connectivity index (χ4n) is 2.66. The van der Waals surface area contributed by atoms with Crippen molar-refractivity contribution in [1.29, 1.82) is 0 Å². The van der Waals surface area contributed by atoms with Gasteiger partial charge in [0.15, 0.2) is 15.8 Å². The zero-order chi connectivity index (χ0) is 17.4. The van der Waals surface area contributed by atoms with E-state index in [1.807, 2.05) is 25.1 Å². The fourth-order valence-corrected chi connectivity index (χ4v) is 4.33. The van der Waals surface area contributed by atoms with Gasteiger partial charge in [0.25, 0.3) is 0 Å². The summed E-state index contributed by atoms with van der Waals surface area (Å²) in [6.45, 7) is 3.42. The summed E-state index contributed by atoms with van der Waals surface area (Å²) in [7, 11) is -1.19. The van der Waals surface area contributed by atoms with E-state index in [1.165, 1.54) is 5.56 Å². The van der Waals surface area contributed by atoms with Crippen LogP contribution >= 0.6 is 24.0 Å². The number of rotatable bonds is 7. The Morgan fingerprint density at radius 1 is 1.36 bits per heavy atom. The van der Waals surface area contributed by atoms with Crippen molar-refractivity contribution in [2.45, 2.75) is 31.9 Å². The molecule has 1 aromatic carbocycles. The van der Waals surface area contributed by atoms with Gasteiger partial charge in [0, 0.05) is 26.2 Å². The molecule has 2 N–H and O–H groups in total. The molecule has 142 valence electrons. The molecule has 8 heteroatoms. The van der Waals surface area contributed by atoms with Gasteiger partial charge in [-0.1, -0.05) is 30.3 Å². The van der Waals surface area contributed by atoms with Gasteiger partial charge in [-0.3, -0.25) is 4.99 Å². The van der Waals surface area contributed by atoms with Gasteiger partial charge >= 0.3 is 0 Å². The molecule has 0 amide bonds. The van der Waals surface area contributed by atoms with Gasteiger partial charge in [-0.15, -0.1) is 24.0 Å². The molecule has 2 unspecified atom stereocenters. The molecule has 1 saturated heterocycles. The van der Waals surface area contributed by atoms with Gasteiger partial charge < -0.3 is 15.4 Å². The minimum Gasteiger partial charge on any atom is -0.374 e. The van der Waals surface area contributed by atoms with Crippen LogP contribution in [0.25, 0.3) is 0 Å². The van der Waals surface area contributed by atoms with Crippen molar-refractivity contribution < 1.29 is 13.2 Å². The van der Waals surface area contributed by atoms with E-state index in [2.05, 4.69) is 27.8 Å². The van der Waals surface area contributed by atoms with Crippen molar-refractivity contribution >= 4 is 39.8 Å². The normalized spacial score (nSPS) is 20.6. The number of hydrogen-bond acceptors (Lipinski definition) is 4. The average molecular weight is 481 g/mol. The van der Waals surface area contributed by atoms with E-state index in [1.54, 1.807) is 7.05 Å². The lowest BCUT2D eigenvalue weighted by molar-refractivity contribution is 0.0646. The molecule has 1 aromatic rings. The first-order valence-electron chi connectivity index (χ1n) is 8.34. The molecule has 0 aliphatic carbocycles. The predicted octanol–water partition coefficient (Wildman–Crippen LogP) is 2.12. The quantitative estimate of drug-likeness (QED) is 0.270. The number of aliphatic imine (C=N–C) groups is 1. The highest BCUT2D eigenvalue weighted by atomic mass is 127. The van der Waals surface area contributed by atoms with Gasteiger partial charge in [0.1, 0.15) is 0 Å². The van der Waals surface area contributed by atoms with Crippen LogP contribution in [0.3, 0.4) is 0 Å². The minimum atomic E-state index is -2.88. The van der Waals surface area contributed by atoms with E-state index < -0.39 is 9.84 Å². The summed E-state index contributed by atoms with van der Waals surface area (Å²) in [4.78, 5) is 4.14. The summed E-state index contributed by atoms with van der Waals surface area (Å²) in [6, 6.07) is 10.1. The number of nitrogens with one attached hydrogen (secondary N) is 2. The van der Waals surface area contributed by atoms with Crippen molar-refractivity contribution in [3.8, 4) is 0 Å². The first-order chi connectivity index (χ1) is 11.5. The van der Waals surface area contributed by atoms with Crippen LogP contribution in [0, 0.1) is 0 Å². The Morgan fingerprint density at radius 3 is 2.68 bits per heavy atom. The van der Waals surface area contributed by atoms with Crippen molar-refractivity contribution in [3.63, 3.8) is 0 Å². The SMILES string of the molecule is CN=C(NCCCOC(C)c1ccccc1)NC1CCS(=O)(=O)C1.I. The Labute approximate surface area is 167 Å². The maximum Gasteiger partial charge on any atom is 0.191 e. The lowest BCUT2D eigenvalue weighted by atomic mass is 10.1.